The Morgan fingerprint density at radius 3 is 2.39 bits per heavy atom. The second-order valence-electron chi connectivity index (χ2n) is 8.39. The average Bonchev–Trinajstić information content (AvgIpc) is 2.82. The number of nitrogens with one attached hydrogen (secondary N) is 1. The van der Waals surface area contributed by atoms with Crippen molar-refractivity contribution in [2.45, 2.75) is 23.9 Å². The number of rotatable bonds is 8. The summed E-state index contributed by atoms with van der Waals surface area (Å²) >= 11 is 0. The van der Waals surface area contributed by atoms with E-state index in [-0.39, 0.29) is 23.8 Å². The molecule has 0 saturated carbocycles. The van der Waals surface area contributed by atoms with Gasteiger partial charge in [-0.15, -0.1) is 0 Å². The summed E-state index contributed by atoms with van der Waals surface area (Å²) in [6, 6.07) is 5.47. The number of halogens is 3. The van der Waals surface area contributed by atoms with E-state index < -0.39 is 49.8 Å². The standard InChI is InChI=1S/C23H25F3N2O7S/c1-28(2)21(29)15-3-5-19(18(11-15)23(24,25)26)27-36(32,33)16-4-6-20(17(12-16)22(30)31)35-13-14-7-9-34-10-8-14/h3-6,11-12,14,27H,7-10,13H2,1-2H3,(H,30,31). The number of alkyl halides is 3. The number of hydrogen-bond donors (Lipinski definition) is 2. The molecular formula is C23H25F3N2O7S. The molecule has 1 aliphatic heterocycles. The molecule has 13 heteroatoms. The third kappa shape index (κ3) is 6.46. The van der Waals surface area contributed by atoms with Gasteiger partial charge in [-0.25, -0.2) is 13.2 Å². The Balaban J connectivity index is 1.90. The van der Waals surface area contributed by atoms with Gasteiger partial charge in [0.05, 0.1) is 22.8 Å². The van der Waals surface area contributed by atoms with Crippen molar-refractivity contribution in [1.82, 2.24) is 4.90 Å². The lowest BCUT2D eigenvalue weighted by Gasteiger charge is -2.22. The molecule has 1 fully saturated rings. The molecular weight excluding hydrogens is 505 g/mol. The van der Waals surface area contributed by atoms with Crippen LogP contribution in [-0.2, 0) is 20.9 Å². The Morgan fingerprint density at radius 2 is 1.81 bits per heavy atom. The number of benzene rings is 2. The quantitative estimate of drug-likeness (QED) is 0.534. The van der Waals surface area contributed by atoms with Crippen LogP contribution in [0.1, 0.15) is 39.1 Å². The highest BCUT2D eigenvalue weighted by Gasteiger charge is 2.36. The second kappa shape index (κ2) is 10.7. The van der Waals surface area contributed by atoms with Gasteiger partial charge >= 0.3 is 12.1 Å². The van der Waals surface area contributed by atoms with Crippen molar-refractivity contribution in [2.24, 2.45) is 5.92 Å². The molecule has 0 atom stereocenters. The monoisotopic (exact) mass is 530 g/mol. The van der Waals surface area contributed by atoms with E-state index in [2.05, 4.69) is 0 Å². The summed E-state index contributed by atoms with van der Waals surface area (Å²) in [4.78, 5) is 24.3. The molecule has 0 spiro atoms. The van der Waals surface area contributed by atoms with Crippen LogP contribution in [0.5, 0.6) is 5.75 Å². The van der Waals surface area contributed by atoms with Gasteiger partial charge in [-0.3, -0.25) is 9.52 Å². The van der Waals surface area contributed by atoms with E-state index in [1.54, 1.807) is 0 Å². The van der Waals surface area contributed by atoms with E-state index in [1.807, 2.05) is 4.72 Å². The van der Waals surface area contributed by atoms with Crippen molar-refractivity contribution < 1.29 is 45.8 Å². The molecule has 1 heterocycles. The largest absolute Gasteiger partial charge is 0.492 e. The van der Waals surface area contributed by atoms with Gasteiger partial charge in [-0.05, 0) is 55.2 Å². The first-order valence-corrected chi connectivity index (χ1v) is 12.3. The van der Waals surface area contributed by atoms with Crippen LogP contribution in [0.2, 0.25) is 0 Å². The number of aromatic carboxylic acids is 1. The van der Waals surface area contributed by atoms with Crippen LogP contribution in [0.3, 0.4) is 0 Å². The summed E-state index contributed by atoms with van der Waals surface area (Å²) in [6.45, 7) is 1.33. The minimum absolute atomic E-state index is 0.0597. The maximum atomic E-state index is 13.7. The van der Waals surface area contributed by atoms with Crippen LogP contribution < -0.4 is 9.46 Å². The predicted molar refractivity (Wildman–Crippen MR) is 123 cm³/mol. The number of amides is 1. The van der Waals surface area contributed by atoms with E-state index >= 15 is 0 Å². The molecule has 3 rings (SSSR count). The van der Waals surface area contributed by atoms with Gasteiger partial charge in [0.25, 0.3) is 15.9 Å². The van der Waals surface area contributed by atoms with Gasteiger partial charge in [0.1, 0.15) is 11.3 Å². The van der Waals surface area contributed by atoms with Crippen LogP contribution >= 0.6 is 0 Å². The van der Waals surface area contributed by atoms with Gasteiger partial charge < -0.3 is 19.5 Å². The fourth-order valence-electron chi connectivity index (χ4n) is 3.55. The van der Waals surface area contributed by atoms with Gasteiger partial charge in [-0.1, -0.05) is 0 Å². The number of nitrogens with zero attached hydrogens (tertiary/aromatic N) is 1. The first-order chi connectivity index (χ1) is 16.8. The number of anilines is 1. The topological polar surface area (TPSA) is 122 Å². The zero-order chi connectivity index (χ0) is 26.7. The first-order valence-electron chi connectivity index (χ1n) is 10.8. The third-order valence-corrected chi connectivity index (χ3v) is 6.89. The van der Waals surface area contributed by atoms with Crippen molar-refractivity contribution in [3.63, 3.8) is 0 Å². The fourth-order valence-corrected chi connectivity index (χ4v) is 4.66. The Hall–Kier alpha value is -3.32. The zero-order valence-electron chi connectivity index (χ0n) is 19.5. The number of carbonyl (C=O) groups is 2. The second-order valence-corrected chi connectivity index (χ2v) is 10.1. The summed E-state index contributed by atoms with van der Waals surface area (Å²) in [5, 5.41) is 9.56. The van der Waals surface area contributed by atoms with Crippen LogP contribution in [0, 0.1) is 5.92 Å². The average molecular weight is 531 g/mol. The molecule has 196 valence electrons. The number of carboxylic acids is 1. The van der Waals surface area contributed by atoms with Crippen LogP contribution in [0.4, 0.5) is 18.9 Å². The highest BCUT2D eigenvalue weighted by Crippen LogP contribution is 2.37. The van der Waals surface area contributed by atoms with E-state index in [4.69, 9.17) is 9.47 Å². The lowest BCUT2D eigenvalue weighted by molar-refractivity contribution is -0.136. The van der Waals surface area contributed by atoms with Crippen LogP contribution in [0.15, 0.2) is 41.3 Å². The summed E-state index contributed by atoms with van der Waals surface area (Å²) in [5.41, 5.74) is -2.91. The van der Waals surface area contributed by atoms with Crippen molar-refractivity contribution in [2.75, 3.05) is 38.6 Å². The normalized spacial score (nSPS) is 14.8. The Bertz CT molecular complexity index is 1240. The van der Waals surface area contributed by atoms with Gasteiger partial charge in [0, 0.05) is 32.9 Å². The maximum Gasteiger partial charge on any atom is 0.418 e. The minimum Gasteiger partial charge on any atom is -0.492 e. The van der Waals surface area contributed by atoms with E-state index in [1.165, 1.54) is 14.1 Å². The van der Waals surface area contributed by atoms with Gasteiger partial charge in [0.2, 0.25) is 0 Å². The lowest BCUT2D eigenvalue weighted by Crippen LogP contribution is -2.23. The zero-order valence-corrected chi connectivity index (χ0v) is 20.3. The smallest absolute Gasteiger partial charge is 0.418 e. The molecule has 1 aliphatic rings. The molecule has 1 saturated heterocycles. The Morgan fingerprint density at radius 1 is 1.14 bits per heavy atom. The van der Waals surface area contributed by atoms with Crippen LogP contribution in [-0.4, -0.2) is 64.2 Å². The number of hydrogen-bond acceptors (Lipinski definition) is 6. The highest BCUT2D eigenvalue weighted by molar-refractivity contribution is 7.92. The molecule has 1 amide bonds. The molecule has 0 unspecified atom stereocenters. The predicted octanol–water partition coefficient (Wildman–Crippen LogP) is 3.71. The van der Waals surface area contributed by atoms with Crippen molar-refractivity contribution in [3.05, 3.63) is 53.1 Å². The number of sulfonamides is 1. The number of ether oxygens (including phenoxy) is 2. The molecule has 36 heavy (non-hydrogen) atoms. The first kappa shape index (κ1) is 27.3. The van der Waals surface area contributed by atoms with Gasteiger partial charge in [0.15, 0.2) is 0 Å². The summed E-state index contributed by atoms with van der Waals surface area (Å²) in [7, 11) is -1.91. The number of carboxylic acid groups (broad SMARTS) is 1. The Labute approximate surface area is 205 Å². The van der Waals surface area contributed by atoms with E-state index in [0.717, 1.165) is 48.1 Å². The van der Waals surface area contributed by atoms with Gasteiger partial charge in [-0.2, -0.15) is 13.2 Å². The highest BCUT2D eigenvalue weighted by atomic mass is 32.2. The molecule has 2 aromatic rings. The summed E-state index contributed by atoms with van der Waals surface area (Å²) in [5.74, 6) is -2.07. The van der Waals surface area contributed by atoms with Crippen molar-refractivity contribution >= 4 is 27.6 Å². The van der Waals surface area contributed by atoms with Crippen molar-refractivity contribution in [1.29, 1.82) is 0 Å². The maximum absolute atomic E-state index is 13.7. The van der Waals surface area contributed by atoms with E-state index in [9.17, 15) is 36.3 Å². The Kier molecular flexibility index (Phi) is 8.14. The third-order valence-electron chi connectivity index (χ3n) is 5.53. The fraction of sp³-hybridized carbons (Fsp3) is 0.391. The molecule has 9 nitrogen and oxygen atoms in total. The molecule has 2 N–H and O–H groups in total. The van der Waals surface area contributed by atoms with E-state index in [0.29, 0.717) is 19.3 Å². The number of carbonyl (C=O) groups excluding carboxylic acids is 1. The SMILES string of the molecule is CN(C)C(=O)c1ccc(NS(=O)(=O)c2ccc(OCC3CCOCC3)c(C(=O)O)c2)c(C(F)(F)F)c1. The summed E-state index contributed by atoms with van der Waals surface area (Å²) < 4.78 is 79.5. The summed E-state index contributed by atoms with van der Waals surface area (Å²) in [6.07, 6.45) is -3.51. The molecule has 2 aromatic carbocycles. The van der Waals surface area contributed by atoms with Crippen molar-refractivity contribution in [3.8, 4) is 5.75 Å². The lowest BCUT2D eigenvalue weighted by atomic mass is 10.0. The molecule has 0 aromatic heterocycles. The molecule has 0 aliphatic carbocycles. The minimum atomic E-state index is -4.98. The van der Waals surface area contributed by atoms with Crippen LogP contribution in [0.25, 0.3) is 0 Å². The molecule has 0 bridgehead atoms. The molecule has 0 radical (unpaired) electrons.